The Morgan fingerprint density at radius 3 is 2.50 bits per heavy atom. The molecule has 30 heavy (non-hydrogen) atoms. The van der Waals surface area contributed by atoms with E-state index in [9.17, 15) is 9.59 Å². The van der Waals surface area contributed by atoms with E-state index in [0.717, 1.165) is 11.0 Å². The smallest absolute Gasteiger partial charge is 0.274 e. The van der Waals surface area contributed by atoms with E-state index in [0.29, 0.717) is 28.8 Å². The normalized spacial score (nSPS) is 12.5. The zero-order chi connectivity index (χ0) is 21.3. The molecule has 1 amide bonds. The van der Waals surface area contributed by atoms with E-state index in [1.807, 2.05) is 63.2 Å². The van der Waals surface area contributed by atoms with E-state index in [1.54, 1.807) is 6.07 Å². The van der Waals surface area contributed by atoms with Crippen LogP contribution in [0.4, 0.5) is 0 Å². The van der Waals surface area contributed by atoms with Crippen LogP contribution in [0.2, 0.25) is 0 Å². The van der Waals surface area contributed by atoms with E-state index in [1.165, 1.54) is 4.68 Å². The van der Waals surface area contributed by atoms with Gasteiger partial charge in [0, 0.05) is 11.9 Å². The molecule has 0 aliphatic rings. The number of hydrogen-bond donors (Lipinski definition) is 2. The van der Waals surface area contributed by atoms with Gasteiger partial charge in [-0.2, -0.15) is 5.10 Å². The predicted molar refractivity (Wildman–Crippen MR) is 117 cm³/mol. The number of carbonyl (C=O) groups is 1. The first kappa shape index (κ1) is 19.8. The summed E-state index contributed by atoms with van der Waals surface area (Å²) in [6, 6.07) is 14.8. The minimum absolute atomic E-state index is 0.0868. The van der Waals surface area contributed by atoms with Crippen molar-refractivity contribution in [3.8, 4) is 0 Å². The highest BCUT2D eigenvalue weighted by molar-refractivity contribution is 5.88. The molecule has 0 fully saturated rings. The number of aromatic amines is 1. The van der Waals surface area contributed by atoms with Gasteiger partial charge < -0.3 is 10.3 Å². The van der Waals surface area contributed by atoms with Crippen LogP contribution in [-0.4, -0.2) is 25.7 Å². The van der Waals surface area contributed by atoms with Gasteiger partial charge in [0.05, 0.1) is 34.6 Å². The molecule has 1 atom stereocenters. The second kappa shape index (κ2) is 8.10. The summed E-state index contributed by atoms with van der Waals surface area (Å²) in [5.41, 5.74) is 2.27. The lowest BCUT2D eigenvalue weighted by molar-refractivity contribution is -0.121. The van der Waals surface area contributed by atoms with Crippen molar-refractivity contribution in [2.45, 2.75) is 39.8 Å². The third kappa shape index (κ3) is 3.96. The van der Waals surface area contributed by atoms with Crippen LogP contribution in [0.3, 0.4) is 0 Å². The summed E-state index contributed by atoms with van der Waals surface area (Å²) in [4.78, 5) is 33.3. The fourth-order valence-corrected chi connectivity index (χ4v) is 3.60. The first-order valence-corrected chi connectivity index (χ1v) is 10.1. The van der Waals surface area contributed by atoms with E-state index in [4.69, 9.17) is 0 Å². The number of aromatic nitrogens is 4. The Morgan fingerprint density at radius 1 is 1.07 bits per heavy atom. The number of nitrogens with zero attached hydrogens (tertiary/aromatic N) is 3. The number of H-pyrrole nitrogens is 1. The Kier molecular flexibility index (Phi) is 5.35. The molecule has 0 radical (unpaired) electrons. The van der Waals surface area contributed by atoms with Crippen molar-refractivity contribution in [2.24, 2.45) is 5.92 Å². The molecular formula is C23H25N5O2. The summed E-state index contributed by atoms with van der Waals surface area (Å²) in [7, 11) is 0. The van der Waals surface area contributed by atoms with Crippen molar-refractivity contribution in [1.29, 1.82) is 0 Å². The SMILES string of the molecule is CC(C)Cn1nc(CC(=O)N[C@H](C)c2nc3ccccc3[nH]2)c2ccccc2c1=O. The fourth-order valence-electron chi connectivity index (χ4n) is 3.60. The average Bonchev–Trinajstić information content (AvgIpc) is 3.15. The molecule has 7 nitrogen and oxygen atoms in total. The maximum atomic E-state index is 12.8. The molecule has 0 aliphatic carbocycles. The van der Waals surface area contributed by atoms with E-state index in [-0.39, 0.29) is 29.8 Å². The van der Waals surface area contributed by atoms with Gasteiger partial charge in [-0.05, 0) is 31.0 Å². The van der Waals surface area contributed by atoms with Gasteiger partial charge in [0.1, 0.15) is 5.82 Å². The number of fused-ring (bicyclic) bond motifs is 2. The van der Waals surface area contributed by atoms with Gasteiger partial charge in [0.25, 0.3) is 5.56 Å². The molecule has 0 aliphatic heterocycles. The number of amides is 1. The molecule has 2 heterocycles. The van der Waals surface area contributed by atoms with Gasteiger partial charge in [-0.15, -0.1) is 0 Å². The molecule has 2 N–H and O–H groups in total. The lowest BCUT2D eigenvalue weighted by Crippen LogP contribution is -2.31. The molecule has 4 aromatic rings. The summed E-state index contributed by atoms with van der Waals surface area (Å²) in [6.07, 6.45) is 0.0868. The van der Waals surface area contributed by atoms with Crippen LogP contribution in [0.5, 0.6) is 0 Å². The van der Waals surface area contributed by atoms with Gasteiger partial charge >= 0.3 is 0 Å². The first-order chi connectivity index (χ1) is 14.4. The fraction of sp³-hybridized carbons (Fsp3) is 0.304. The van der Waals surface area contributed by atoms with Gasteiger partial charge in [-0.25, -0.2) is 9.67 Å². The molecule has 0 saturated heterocycles. The van der Waals surface area contributed by atoms with Crippen molar-refractivity contribution >= 4 is 27.7 Å². The van der Waals surface area contributed by atoms with Gasteiger partial charge in [-0.1, -0.05) is 44.2 Å². The lowest BCUT2D eigenvalue weighted by Gasteiger charge is -2.14. The second-order valence-corrected chi connectivity index (χ2v) is 7.98. The van der Waals surface area contributed by atoms with Crippen LogP contribution in [0.25, 0.3) is 21.8 Å². The maximum absolute atomic E-state index is 12.8. The van der Waals surface area contributed by atoms with Gasteiger partial charge in [0.2, 0.25) is 5.91 Å². The Balaban J connectivity index is 1.59. The van der Waals surface area contributed by atoms with Crippen LogP contribution < -0.4 is 10.9 Å². The topological polar surface area (TPSA) is 92.7 Å². The predicted octanol–water partition coefficient (Wildman–Crippen LogP) is 3.35. The largest absolute Gasteiger partial charge is 0.346 e. The van der Waals surface area contributed by atoms with Crippen molar-refractivity contribution in [3.05, 3.63) is 70.4 Å². The molecule has 0 bridgehead atoms. The van der Waals surface area contributed by atoms with E-state index in [2.05, 4.69) is 20.4 Å². The van der Waals surface area contributed by atoms with Crippen LogP contribution in [-0.2, 0) is 17.8 Å². The minimum Gasteiger partial charge on any atom is -0.346 e. The van der Waals surface area contributed by atoms with Crippen LogP contribution in [0.1, 0.15) is 38.3 Å². The number of hydrogen-bond acceptors (Lipinski definition) is 4. The molecule has 0 saturated carbocycles. The quantitative estimate of drug-likeness (QED) is 0.516. The minimum atomic E-state index is -0.280. The van der Waals surface area contributed by atoms with Crippen LogP contribution >= 0.6 is 0 Å². The Morgan fingerprint density at radius 2 is 1.77 bits per heavy atom. The average molecular weight is 403 g/mol. The number of imidazole rings is 1. The monoisotopic (exact) mass is 403 g/mol. The summed E-state index contributed by atoms with van der Waals surface area (Å²) >= 11 is 0. The molecule has 0 spiro atoms. The maximum Gasteiger partial charge on any atom is 0.274 e. The second-order valence-electron chi connectivity index (χ2n) is 7.98. The van der Waals surface area contributed by atoms with Gasteiger partial charge in [0.15, 0.2) is 0 Å². The van der Waals surface area contributed by atoms with Crippen LogP contribution in [0.15, 0.2) is 53.3 Å². The molecule has 154 valence electrons. The third-order valence-electron chi connectivity index (χ3n) is 5.01. The summed E-state index contributed by atoms with van der Waals surface area (Å²) in [6.45, 7) is 6.46. The Labute approximate surface area is 174 Å². The number of nitrogens with one attached hydrogen (secondary N) is 2. The number of benzene rings is 2. The van der Waals surface area contributed by atoms with Crippen molar-refractivity contribution < 1.29 is 4.79 Å². The highest BCUT2D eigenvalue weighted by Gasteiger charge is 2.17. The standard InChI is InChI=1S/C23H25N5O2/c1-14(2)13-28-23(30)17-9-5-4-8-16(17)20(27-28)12-21(29)24-15(3)22-25-18-10-6-7-11-19(18)26-22/h4-11,14-15H,12-13H2,1-3H3,(H,24,29)(H,25,26)/t15-/m1/s1. The van der Waals surface area contributed by atoms with Gasteiger partial charge in [-0.3, -0.25) is 9.59 Å². The summed E-state index contributed by atoms with van der Waals surface area (Å²) < 4.78 is 1.47. The molecule has 0 unspecified atom stereocenters. The molecule has 4 rings (SSSR count). The van der Waals surface area contributed by atoms with Crippen molar-refractivity contribution in [1.82, 2.24) is 25.1 Å². The lowest BCUT2D eigenvalue weighted by atomic mass is 10.1. The number of rotatable bonds is 6. The summed E-state index contributed by atoms with van der Waals surface area (Å²) in [5, 5.41) is 8.80. The molecule has 7 heteroatoms. The highest BCUT2D eigenvalue weighted by atomic mass is 16.2. The molecule has 2 aromatic heterocycles. The summed E-state index contributed by atoms with van der Waals surface area (Å²) in [5.74, 6) is 0.800. The zero-order valence-corrected chi connectivity index (χ0v) is 17.3. The molecule has 2 aromatic carbocycles. The van der Waals surface area contributed by atoms with Crippen molar-refractivity contribution in [2.75, 3.05) is 0 Å². The Bertz CT molecular complexity index is 1240. The zero-order valence-electron chi connectivity index (χ0n) is 17.3. The Hall–Kier alpha value is -3.48. The van der Waals surface area contributed by atoms with E-state index >= 15 is 0 Å². The van der Waals surface area contributed by atoms with Crippen LogP contribution in [0, 0.1) is 5.92 Å². The third-order valence-corrected chi connectivity index (χ3v) is 5.01. The van der Waals surface area contributed by atoms with Crippen molar-refractivity contribution in [3.63, 3.8) is 0 Å². The van der Waals surface area contributed by atoms with E-state index < -0.39 is 0 Å². The number of para-hydroxylation sites is 2. The molecular weight excluding hydrogens is 378 g/mol. The highest BCUT2D eigenvalue weighted by Crippen LogP contribution is 2.17. The first-order valence-electron chi connectivity index (χ1n) is 10.1. The number of carbonyl (C=O) groups excluding carboxylic acids is 1.